The summed E-state index contributed by atoms with van der Waals surface area (Å²) in [5.41, 5.74) is 1.24. The molecule has 0 saturated heterocycles. The summed E-state index contributed by atoms with van der Waals surface area (Å²) in [5.74, 6) is 0.104. The predicted molar refractivity (Wildman–Crippen MR) is 71.2 cm³/mol. The van der Waals surface area contributed by atoms with E-state index in [0.29, 0.717) is 6.54 Å². The van der Waals surface area contributed by atoms with Gasteiger partial charge >= 0.3 is 0 Å². The maximum Gasteiger partial charge on any atom is 0.212 e. The van der Waals surface area contributed by atoms with Gasteiger partial charge in [0.15, 0.2) is 0 Å². The molecule has 1 aliphatic carbocycles. The first-order valence-electron chi connectivity index (χ1n) is 5.44. The maximum atomic E-state index is 11.3. The van der Waals surface area contributed by atoms with Crippen LogP contribution >= 0.6 is 22.9 Å². The van der Waals surface area contributed by atoms with Crippen molar-refractivity contribution in [1.82, 2.24) is 10.0 Å². The van der Waals surface area contributed by atoms with Crippen LogP contribution in [0.5, 0.6) is 0 Å². The topological polar surface area (TPSA) is 58.2 Å². The van der Waals surface area contributed by atoms with E-state index in [9.17, 15) is 8.42 Å². The molecule has 0 radical (unpaired) electrons. The smallest absolute Gasteiger partial charge is 0.212 e. The first-order valence-corrected chi connectivity index (χ1v) is 8.29. The molecule has 1 heterocycles. The Hall–Kier alpha value is -0.140. The minimum Gasteiger partial charge on any atom is -0.309 e. The summed E-state index contributed by atoms with van der Waals surface area (Å²) in [5, 5.41) is 3.27. The standard InChI is InChI=1S/C10H15ClN2O2S2/c1-12-17(14,15)5-4-13-8-2-3-9-7(8)6-10(11)16-9/h6,8,12-13H,2-5H2,1H3. The molecule has 1 unspecified atom stereocenters. The highest BCUT2D eigenvalue weighted by molar-refractivity contribution is 7.89. The molecule has 0 aromatic carbocycles. The molecule has 1 aromatic rings. The van der Waals surface area contributed by atoms with Gasteiger partial charge in [-0.15, -0.1) is 11.3 Å². The monoisotopic (exact) mass is 294 g/mol. The fourth-order valence-electron chi connectivity index (χ4n) is 2.01. The minimum atomic E-state index is -3.12. The highest BCUT2D eigenvalue weighted by Crippen LogP contribution is 2.39. The molecule has 0 amide bonds. The second-order valence-electron chi connectivity index (χ2n) is 4.00. The quantitative estimate of drug-likeness (QED) is 0.866. The zero-order valence-corrected chi connectivity index (χ0v) is 11.9. The van der Waals surface area contributed by atoms with Crippen molar-refractivity contribution in [3.05, 3.63) is 20.8 Å². The van der Waals surface area contributed by atoms with Crippen molar-refractivity contribution in [3.8, 4) is 0 Å². The Labute approximate surface area is 110 Å². The van der Waals surface area contributed by atoms with Crippen molar-refractivity contribution >= 4 is 33.0 Å². The largest absolute Gasteiger partial charge is 0.309 e. The van der Waals surface area contributed by atoms with Gasteiger partial charge in [-0.2, -0.15) is 0 Å². The molecule has 96 valence electrons. The van der Waals surface area contributed by atoms with Crippen molar-refractivity contribution in [3.63, 3.8) is 0 Å². The number of hydrogen-bond acceptors (Lipinski definition) is 4. The van der Waals surface area contributed by atoms with E-state index in [2.05, 4.69) is 10.0 Å². The Morgan fingerprint density at radius 3 is 3.06 bits per heavy atom. The van der Waals surface area contributed by atoms with Crippen molar-refractivity contribution in [1.29, 1.82) is 0 Å². The molecule has 17 heavy (non-hydrogen) atoms. The Balaban J connectivity index is 1.90. The molecule has 2 rings (SSSR count). The lowest BCUT2D eigenvalue weighted by atomic mass is 10.2. The van der Waals surface area contributed by atoms with E-state index in [1.54, 1.807) is 11.3 Å². The van der Waals surface area contributed by atoms with Gasteiger partial charge in [0.1, 0.15) is 0 Å². The lowest BCUT2D eigenvalue weighted by molar-refractivity contribution is 0.539. The van der Waals surface area contributed by atoms with Gasteiger partial charge in [-0.05, 0) is 31.5 Å². The Kier molecular flexibility index (Phi) is 4.10. The third kappa shape index (κ3) is 3.20. The molecule has 0 bridgehead atoms. The highest BCUT2D eigenvalue weighted by Gasteiger charge is 2.24. The van der Waals surface area contributed by atoms with E-state index >= 15 is 0 Å². The van der Waals surface area contributed by atoms with Crippen LogP contribution in [0.2, 0.25) is 4.34 Å². The van der Waals surface area contributed by atoms with Crippen molar-refractivity contribution in [2.45, 2.75) is 18.9 Å². The molecule has 1 atom stereocenters. The SMILES string of the molecule is CNS(=O)(=O)CCNC1CCc2sc(Cl)cc21. The van der Waals surface area contributed by atoms with Crippen LogP contribution in [-0.4, -0.2) is 27.8 Å². The molecule has 1 aromatic heterocycles. The zero-order valence-electron chi connectivity index (χ0n) is 9.49. The lowest BCUT2D eigenvalue weighted by Crippen LogP contribution is -2.31. The summed E-state index contributed by atoms with van der Waals surface area (Å²) in [4.78, 5) is 1.32. The fraction of sp³-hybridized carbons (Fsp3) is 0.600. The van der Waals surface area contributed by atoms with E-state index in [1.807, 2.05) is 6.07 Å². The average molecular weight is 295 g/mol. The number of sulfonamides is 1. The van der Waals surface area contributed by atoms with Gasteiger partial charge in [0.25, 0.3) is 0 Å². The number of nitrogens with one attached hydrogen (secondary N) is 2. The van der Waals surface area contributed by atoms with Crippen LogP contribution in [0.15, 0.2) is 6.07 Å². The number of fused-ring (bicyclic) bond motifs is 1. The Morgan fingerprint density at radius 2 is 2.35 bits per heavy atom. The first kappa shape index (κ1) is 13.3. The Bertz CT molecular complexity index is 498. The first-order chi connectivity index (χ1) is 8.02. The summed E-state index contributed by atoms with van der Waals surface area (Å²) in [6, 6.07) is 2.24. The molecule has 0 saturated carbocycles. The predicted octanol–water partition coefficient (Wildman–Crippen LogP) is 1.53. The molecule has 2 N–H and O–H groups in total. The second-order valence-corrected chi connectivity index (χ2v) is 7.81. The number of halogens is 1. The van der Waals surface area contributed by atoms with Crippen LogP contribution < -0.4 is 10.0 Å². The van der Waals surface area contributed by atoms with Crippen LogP contribution in [0.25, 0.3) is 0 Å². The fourth-order valence-corrected chi connectivity index (χ4v) is 3.96. The van der Waals surface area contributed by atoms with E-state index in [0.717, 1.165) is 17.2 Å². The Morgan fingerprint density at radius 1 is 1.59 bits per heavy atom. The van der Waals surface area contributed by atoms with Gasteiger partial charge in [0, 0.05) is 17.5 Å². The third-order valence-corrected chi connectivity index (χ3v) is 5.62. The number of rotatable bonds is 5. The summed E-state index contributed by atoms with van der Waals surface area (Å²) < 4.78 is 25.6. The van der Waals surface area contributed by atoms with Crippen molar-refractivity contribution < 1.29 is 8.42 Å². The van der Waals surface area contributed by atoms with E-state index < -0.39 is 10.0 Å². The van der Waals surface area contributed by atoms with Crippen molar-refractivity contribution in [2.24, 2.45) is 0 Å². The van der Waals surface area contributed by atoms with Crippen LogP contribution in [0.3, 0.4) is 0 Å². The minimum absolute atomic E-state index is 0.104. The van der Waals surface area contributed by atoms with Gasteiger partial charge in [0.05, 0.1) is 10.1 Å². The number of aryl methyl sites for hydroxylation is 1. The van der Waals surface area contributed by atoms with Crippen LogP contribution in [0.1, 0.15) is 22.9 Å². The van der Waals surface area contributed by atoms with Gasteiger partial charge < -0.3 is 5.32 Å². The highest BCUT2D eigenvalue weighted by atomic mass is 35.5. The van der Waals surface area contributed by atoms with Crippen LogP contribution in [-0.2, 0) is 16.4 Å². The van der Waals surface area contributed by atoms with E-state index in [1.165, 1.54) is 17.5 Å². The third-order valence-electron chi connectivity index (χ3n) is 2.92. The molecule has 0 aliphatic heterocycles. The molecule has 0 fully saturated rings. The van der Waals surface area contributed by atoms with Gasteiger partial charge in [-0.1, -0.05) is 11.6 Å². The molecule has 4 nitrogen and oxygen atoms in total. The van der Waals surface area contributed by atoms with Crippen LogP contribution in [0.4, 0.5) is 0 Å². The summed E-state index contributed by atoms with van der Waals surface area (Å²) in [6.07, 6.45) is 2.06. The zero-order chi connectivity index (χ0) is 12.5. The molecule has 7 heteroatoms. The molecule has 0 spiro atoms. The summed E-state index contributed by atoms with van der Waals surface area (Å²) in [6.45, 7) is 0.459. The summed E-state index contributed by atoms with van der Waals surface area (Å²) in [7, 11) is -1.69. The molecule has 1 aliphatic rings. The summed E-state index contributed by atoms with van der Waals surface area (Å²) >= 11 is 7.58. The average Bonchev–Trinajstić information content (AvgIpc) is 2.79. The maximum absolute atomic E-state index is 11.3. The van der Waals surface area contributed by atoms with E-state index in [-0.39, 0.29) is 11.8 Å². The van der Waals surface area contributed by atoms with Crippen molar-refractivity contribution in [2.75, 3.05) is 19.3 Å². The van der Waals surface area contributed by atoms with Gasteiger partial charge in [-0.25, -0.2) is 13.1 Å². The molecular formula is C10H15ClN2O2S2. The van der Waals surface area contributed by atoms with Gasteiger partial charge in [-0.3, -0.25) is 0 Å². The normalized spacial score (nSPS) is 19.5. The number of hydrogen-bond donors (Lipinski definition) is 2. The number of thiophene rings is 1. The van der Waals surface area contributed by atoms with E-state index in [4.69, 9.17) is 11.6 Å². The second kappa shape index (κ2) is 5.24. The molecular weight excluding hydrogens is 280 g/mol. The lowest BCUT2D eigenvalue weighted by Gasteiger charge is -2.12. The van der Waals surface area contributed by atoms with Gasteiger partial charge in [0.2, 0.25) is 10.0 Å². The van der Waals surface area contributed by atoms with Crippen LogP contribution in [0, 0.1) is 0 Å².